The molecular weight excluding hydrogens is 425 g/mol. The van der Waals surface area contributed by atoms with Gasteiger partial charge in [-0.05, 0) is 43.7 Å². The van der Waals surface area contributed by atoms with Crippen molar-refractivity contribution in [3.05, 3.63) is 59.2 Å². The Hall–Kier alpha value is -3.34. The molecule has 1 atom stereocenters. The summed E-state index contributed by atoms with van der Waals surface area (Å²) in [7, 11) is -1.80. The van der Waals surface area contributed by atoms with Crippen LogP contribution in [0.1, 0.15) is 30.0 Å². The van der Waals surface area contributed by atoms with Crippen LogP contribution in [0.3, 0.4) is 0 Å². The molecule has 0 unspecified atom stereocenters. The number of ether oxygens (including phenoxy) is 1. The molecule has 0 amide bonds. The van der Waals surface area contributed by atoms with Gasteiger partial charge < -0.3 is 4.74 Å². The normalized spacial score (nSPS) is 12.4. The lowest BCUT2D eigenvalue weighted by Crippen LogP contribution is -2.14. The molecule has 0 aliphatic carbocycles. The number of nitrogens with zero attached hydrogens (tertiary/aromatic N) is 4. The quantitative estimate of drug-likeness (QED) is 0.553. The summed E-state index contributed by atoms with van der Waals surface area (Å²) in [5.41, 5.74) is 2.63. The van der Waals surface area contributed by atoms with Gasteiger partial charge in [0.1, 0.15) is 17.6 Å². The van der Waals surface area contributed by atoms with Gasteiger partial charge in [-0.15, -0.1) is 5.10 Å². The van der Waals surface area contributed by atoms with Gasteiger partial charge in [-0.2, -0.15) is 0 Å². The first kappa shape index (κ1) is 22.3. The molecule has 164 valence electrons. The zero-order valence-electron chi connectivity index (χ0n) is 17.5. The van der Waals surface area contributed by atoms with Gasteiger partial charge in [0.2, 0.25) is 10.0 Å². The van der Waals surface area contributed by atoms with Gasteiger partial charge in [0.25, 0.3) is 0 Å². The third-order valence-electron chi connectivity index (χ3n) is 4.50. The maximum Gasteiger partial charge on any atom is 0.312 e. The van der Waals surface area contributed by atoms with Crippen LogP contribution >= 0.6 is 0 Å². The molecule has 0 radical (unpaired) electrons. The van der Waals surface area contributed by atoms with Crippen LogP contribution < -0.4 is 4.72 Å². The Bertz CT molecular complexity index is 1230. The fourth-order valence-corrected chi connectivity index (χ4v) is 3.59. The molecule has 31 heavy (non-hydrogen) atoms. The molecule has 2 heterocycles. The number of sulfonamides is 1. The number of nitrogens with one attached hydrogen (secondary N) is 1. The van der Waals surface area contributed by atoms with E-state index in [9.17, 15) is 17.6 Å². The van der Waals surface area contributed by atoms with Gasteiger partial charge >= 0.3 is 5.97 Å². The molecule has 0 bridgehead atoms. The number of anilines is 1. The lowest BCUT2D eigenvalue weighted by molar-refractivity contribution is -0.147. The predicted octanol–water partition coefficient (Wildman–Crippen LogP) is 2.54. The van der Waals surface area contributed by atoms with E-state index in [1.807, 2.05) is 0 Å². The number of aromatic nitrogens is 4. The van der Waals surface area contributed by atoms with Gasteiger partial charge in [-0.3, -0.25) is 14.2 Å². The minimum Gasteiger partial charge on any atom is -0.457 e. The van der Waals surface area contributed by atoms with Crippen molar-refractivity contribution in [3.63, 3.8) is 0 Å². The van der Waals surface area contributed by atoms with Crippen LogP contribution in [0.25, 0.3) is 11.4 Å². The second kappa shape index (κ2) is 8.80. The number of aryl methyl sites for hydroxylation is 2. The summed E-state index contributed by atoms with van der Waals surface area (Å²) >= 11 is 0. The van der Waals surface area contributed by atoms with Gasteiger partial charge in [0.15, 0.2) is 0 Å². The van der Waals surface area contributed by atoms with Gasteiger partial charge in [0, 0.05) is 7.05 Å². The molecular formula is C20H22FN5O4S. The molecule has 11 heteroatoms. The lowest BCUT2D eigenvalue weighted by Gasteiger charge is -2.14. The van der Waals surface area contributed by atoms with Crippen LogP contribution in [-0.2, 0) is 33.0 Å². The maximum absolute atomic E-state index is 13.4. The van der Waals surface area contributed by atoms with E-state index < -0.39 is 27.9 Å². The Balaban J connectivity index is 1.79. The van der Waals surface area contributed by atoms with Gasteiger partial charge in [0.05, 0.1) is 35.4 Å². The molecule has 0 saturated carbocycles. The predicted molar refractivity (Wildman–Crippen MR) is 112 cm³/mol. The zero-order valence-corrected chi connectivity index (χ0v) is 18.3. The number of benzene rings is 1. The summed E-state index contributed by atoms with van der Waals surface area (Å²) in [6.07, 6.45) is 0.301. The molecule has 0 fully saturated rings. The average molecular weight is 447 g/mol. The summed E-state index contributed by atoms with van der Waals surface area (Å²) in [6.45, 7) is 3.31. The van der Waals surface area contributed by atoms with Crippen LogP contribution in [0, 0.1) is 12.7 Å². The lowest BCUT2D eigenvalue weighted by atomic mass is 10.1. The van der Waals surface area contributed by atoms with Crippen molar-refractivity contribution in [2.75, 3.05) is 11.0 Å². The van der Waals surface area contributed by atoms with Crippen LogP contribution in [-0.4, -0.2) is 40.6 Å². The minimum absolute atomic E-state index is 0.122. The first-order chi connectivity index (χ1) is 14.5. The molecule has 0 aliphatic heterocycles. The second-order valence-corrected chi connectivity index (χ2v) is 8.82. The molecule has 0 saturated heterocycles. The highest BCUT2D eigenvalue weighted by Gasteiger charge is 2.21. The van der Waals surface area contributed by atoms with Crippen molar-refractivity contribution in [3.8, 4) is 11.4 Å². The van der Waals surface area contributed by atoms with Gasteiger partial charge in [-0.1, -0.05) is 17.3 Å². The van der Waals surface area contributed by atoms with E-state index in [-0.39, 0.29) is 6.42 Å². The number of carbonyl (C=O) groups excluding carboxylic acids is 1. The van der Waals surface area contributed by atoms with Crippen LogP contribution in [0.2, 0.25) is 0 Å². The molecule has 1 N–H and O–H groups in total. The molecule has 2 aromatic heterocycles. The third-order valence-corrected chi connectivity index (χ3v) is 5.10. The highest BCUT2D eigenvalue weighted by Crippen LogP contribution is 2.24. The number of carbonyl (C=O) groups is 1. The Morgan fingerprint density at radius 1 is 1.29 bits per heavy atom. The first-order valence-corrected chi connectivity index (χ1v) is 11.2. The Morgan fingerprint density at radius 3 is 2.68 bits per heavy atom. The van der Waals surface area contributed by atoms with E-state index in [0.29, 0.717) is 34.0 Å². The fourth-order valence-electron chi connectivity index (χ4n) is 2.98. The SMILES string of the molecule is Cc1nc(-c2nnn(C)c2CC(=O)O[C@H](C)c2cccc(F)c2)ccc1NS(C)(=O)=O. The van der Waals surface area contributed by atoms with E-state index in [1.54, 1.807) is 45.2 Å². The third kappa shape index (κ3) is 5.63. The largest absolute Gasteiger partial charge is 0.457 e. The van der Waals surface area contributed by atoms with Crippen molar-refractivity contribution in [2.24, 2.45) is 7.05 Å². The maximum atomic E-state index is 13.4. The standard InChI is InChI=1S/C20H22FN5O4S/c1-12-16(24-31(4,28)29)8-9-17(22-12)20-18(26(3)25-23-20)11-19(27)30-13(2)14-6-5-7-15(21)10-14/h5-10,13,24H,11H2,1-4H3/t13-/m1/s1. The molecule has 0 spiro atoms. The number of esters is 1. The van der Waals surface area contributed by atoms with Crippen molar-refractivity contribution < 1.29 is 22.3 Å². The van der Waals surface area contributed by atoms with E-state index in [4.69, 9.17) is 4.74 Å². The Morgan fingerprint density at radius 2 is 2.03 bits per heavy atom. The van der Waals surface area contributed by atoms with E-state index >= 15 is 0 Å². The van der Waals surface area contributed by atoms with Gasteiger partial charge in [-0.25, -0.2) is 17.8 Å². The minimum atomic E-state index is -3.44. The van der Waals surface area contributed by atoms with E-state index in [1.165, 1.54) is 16.8 Å². The second-order valence-electron chi connectivity index (χ2n) is 7.08. The zero-order chi connectivity index (χ0) is 22.8. The highest BCUT2D eigenvalue weighted by molar-refractivity contribution is 7.92. The van der Waals surface area contributed by atoms with Crippen LogP contribution in [0.15, 0.2) is 36.4 Å². The number of halogens is 1. The number of rotatable bonds is 7. The van der Waals surface area contributed by atoms with Crippen molar-refractivity contribution in [1.82, 2.24) is 20.0 Å². The van der Waals surface area contributed by atoms with Crippen LogP contribution in [0.5, 0.6) is 0 Å². The molecule has 9 nitrogen and oxygen atoms in total. The number of hydrogen-bond donors (Lipinski definition) is 1. The Labute approximate surface area is 179 Å². The highest BCUT2D eigenvalue weighted by atomic mass is 32.2. The summed E-state index contributed by atoms with van der Waals surface area (Å²) in [6, 6.07) is 9.02. The topological polar surface area (TPSA) is 116 Å². The number of hydrogen-bond acceptors (Lipinski definition) is 7. The molecule has 3 aromatic rings. The summed E-state index contributed by atoms with van der Waals surface area (Å²) in [4.78, 5) is 16.9. The monoisotopic (exact) mass is 447 g/mol. The van der Waals surface area contributed by atoms with Crippen molar-refractivity contribution >= 4 is 21.7 Å². The van der Waals surface area contributed by atoms with Crippen molar-refractivity contribution in [1.29, 1.82) is 0 Å². The Kier molecular flexibility index (Phi) is 6.34. The first-order valence-electron chi connectivity index (χ1n) is 9.33. The fraction of sp³-hybridized carbons (Fsp3) is 0.300. The number of pyridine rings is 1. The summed E-state index contributed by atoms with van der Waals surface area (Å²) in [5.74, 6) is -0.940. The summed E-state index contributed by atoms with van der Waals surface area (Å²) < 4.78 is 45.6. The van der Waals surface area contributed by atoms with E-state index in [0.717, 1.165) is 6.26 Å². The smallest absolute Gasteiger partial charge is 0.312 e. The van der Waals surface area contributed by atoms with E-state index in [2.05, 4.69) is 20.0 Å². The molecule has 1 aromatic carbocycles. The summed E-state index contributed by atoms with van der Waals surface area (Å²) in [5, 5.41) is 8.05. The van der Waals surface area contributed by atoms with Crippen LogP contribution in [0.4, 0.5) is 10.1 Å². The molecule has 3 rings (SSSR count). The van der Waals surface area contributed by atoms with Crippen molar-refractivity contribution in [2.45, 2.75) is 26.4 Å². The molecule has 0 aliphatic rings. The average Bonchev–Trinajstić information content (AvgIpc) is 3.02.